The average molecular weight is 781 g/mol. The predicted octanol–water partition coefficient (Wildman–Crippen LogP) is -0.226. The van der Waals surface area contributed by atoms with Crippen LogP contribution in [-0.4, -0.2) is 164 Å². The number of hydrogen-bond donors (Lipinski definition) is 6. The van der Waals surface area contributed by atoms with Gasteiger partial charge in [0.1, 0.15) is 17.4 Å². The van der Waals surface area contributed by atoms with Crippen LogP contribution in [0.2, 0.25) is 0 Å². The third-order valence-electron chi connectivity index (χ3n) is 11.2. The summed E-state index contributed by atoms with van der Waals surface area (Å²) in [6.45, 7) is 7.18. The molecule has 0 aromatic rings. The zero-order valence-corrected chi connectivity index (χ0v) is 32.9. The molecule has 0 bridgehead atoms. The first kappa shape index (κ1) is 40.9. The number of carbonyl (C=O) groups excluding carboxylic acids is 4. The van der Waals surface area contributed by atoms with Crippen molar-refractivity contribution in [2.75, 3.05) is 41.3 Å². The van der Waals surface area contributed by atoms with Gasteiger partial charge in [-0.3, -0.25) is 19.2 Å². The van der Waals surface area contributed by atoms with Gasteiger partial charge in [-0.1, -0.05) is 13.8 Å². The van der Waals surface area contributed by atoms with Crippen LogP contribution in [-0.2, 0) is 28.8 Å². The van der Waals surface area contributed by atoms with E-state index in [1.807, 2.05) is 6.92 Å². The van der Waals surface area contributed by atoms with Crippen molar-refractivity contribution in [1.29, 1.82) is 0 Å². The number of nitrogens with one attached hydrogen (secondary N) is 2. The van der Waals surface area contributed by atoms with Gasteiger partial charge in [0, 0.05) is 91.8 Å². The number of amides is 4. The van der Waals surface area contributed by atoms with Crippen LogP contribution in [0.3, 0.4) is 0 Å². The lowest BCUT2D eigenvalue weighted by Crippen LogP contribution is -2.54. The van der Waals surface area contributed by atoms with E-state index in [1.54, 1.807) is 42.0 Å². The number of fused-ring (bicyclic) bond motifs is 1. The van der Waals surface area contributed by atoms with Gasteiger partial charge in [0.2, 0.25) is 23.6 Å². The zero-order chi connectivity index (χ0) is 39.4. The highest BCUT2D eigenvalue weighted by Crippen LogP contribution is 2.51. The molecule has 5 heterocycles. The van der Waals surface area contributed by atoms with Crippen molar-refractivity contribution >= 4 is 59.1 Å². The topological polar surface area (TPSA) is 220 Å². The molecule has 0 aliphatic carbocycles. The molecule has 16 nitrogen and oxygen atoms in total. The SMILES string of the molecule is C[C@H]1C(S[C@@H]2CN[C@H](C(=O)N(C)C)C2)=C(C(=O)O)NC1[C@H](C(=O)N1C[C@@H](SC2=C(C(=O)O)N3C(=O)C[C@@H]([C@@H](C)O)[C@H]3[C@H]2C)C[C@H]1C(=O)N(C)C)[C@@H](C)O. The molecule has 5 aliphatic heterocycles. The van der Waals surface area contributed by atoms with Crippen LogP contribution in [0.15, 0.2) is 21.2 Å². The molecule has 0 aromatic carbocycles. The first-order valence-electron chi connectivity index (χ1n) is 18.0. The van der Waals surface area contributed by atoms with E-state index >= 15 is 0 Å². The third kappa shape index (κ3) is 7.66. The van der Waals surface area contributed by atoms with Gasteiger partial charge in [0.15, 0.2) is 0 Å². The van der Waals surface area contributed by atoms with Gasteiger partial charge >= 0.3 is 11.9 Å². The maximum absolute atomic E-state index is 14.6. The standard InChI is InChI=1S/C35H52N6O10S2/c1-14-25(37-26(34(48)49)29(14)52-18-9-21(36-12-18)31(45)38(5)6)24(17(4)43)33(47)40-13-19(10-22(40)32(46)39(7)8)53-30-15(2)27-20(16(3)42)11-23(44)41(27)28(30)35(50)51/h14-22,24-25,27,36-37,42-43H,9-13H2,1-8H3,(H,48,49)(H,50,51)/t14-,15-,16-,17-,18+,19+,20+,21+,22+,24-,25?,27-/m1/s1. The lowest BCUT2D eigenvalue weighted by Gasteiger charge is -2.35. The van der Waals surface area contributed by atoms with Crippen molar-refractivity contribution in [3.8, 4) is 0 Å². The number of carboxylic acids is 2. The van der Waals surface area contributed by atoms with Crippen LogP contribution < -0.4 is 10.6 Å². The summed E-state index contributed by atoms with van der Waals surface area (Å²) in [4.78, 5) is 85.5. The fourth-order valence-electron chi connectivity index (χ4n) is 8.61. The van der Waals surface area contributed by atoms with E-state index in [0.717, 1.165) is 0 Å². The highest BCUT2D eigenvalue weighted by atomic mass is 32.2. The number of likely N-dealkylation sites (tertiary alicyclic amines) is 1. The second-order valence-electron chi connectivity index (χ2n) is 15.3. The summed E-state index contributed by atoms with van der Waals surface area (Å²) in [6.07, 6.45) is -1.38. The van der Waals surface area contributed by atoms with E-state index in [4.69, 9.17) is 0 Å². The van der Waals surface area contributed by atoms with Crippen LogP contribution in [0.1, 0.15) is 47.0 Å². The first-order valence-corrected chi connectivity index (χ1v) is 19.7. The van der Waals surface area contributed by atoms with E-state index in [0.29, 0.717) is 22.8 Å². The average Bonchev–Trinajstić information content (AvgIpc) is 3.89. The summed E-state index contributed by atoms with van der Waals surface area (Å²) in [5.74, 6) is -6.38. The van der Waals surface area contributed by atoms with E-state index in [9.17, 15) is 49.2 Å². The van der Waals surface area contributed by atoms with Crippen LogP contribution in [0, 0.1) is 23.7 Å². The van der Waals surface area contributed by atoms with E-state index < -0.39 is 83.1 Å². The maximum Gasteiger partial charge on any atom is 0.353 e. The minimum absolute atomic E-state index is 0.0355. The monoisotopic (exact) mass is 780 g/mol. The van der Waals surface area contributed by atoms with Crippen molar-refractivity contribution in [2.24, 2.45) is 23.7 Å². The lowest BCUT2D eigenvalue weighted by molar-refractivity contribution is -0.148. The van der Waals surface area contributed by atoms with Crippen molar-refractivity contribution in [1.82, 2.24) is 30.2 Å². The summed E-state index contributed by atoms with van der Waals surface area (Å²) in [5, 5.41) is 47.8. The minimum atomic E-state index is -1.27. The third-order valence-corrected chi connectivity index (χ3v) is 14.3. The number of carbonyl (C=O) groups is 6. The molecule has 0 aromatic heterocycles. The molecular weight excluding hydrogens is 729 g/mol. The number of thioether (sulfide) groups is 2. The summed E-state index contributed by atoms with van der Waals surface area (Å²) in [5.41, 5.74) is -0.211. The quantitative estimate of drug-likeness (QED) is 0.151. The molecule has 18 heteroatoms. The van der Waals surface area contributed by atoms with Crippen LogP contribution in [0.25, 0.3) is 0 Å². The number of carboxylic acid groups (broad SMARTS) is 2. The van der Waals surface area contributed by atoms with Crippen LogP contribution in [0.4, 0.5) is 0 Å². The van der Waals surface area contributed by atoms with Gasteiger partial charge in [-0.05, 0) is 26.7 Å². The van der Waals surface area contributed by atoms with E-state index in [1.165, 1.54) is 50.0 Å². The maximum atomic E-state index is 14.6. The molecule has 53 heavy (non-hydrogen) atoms. The molecule has 0 saturated carbocycles. The number of aliphatic hydroxyl groups is 2. The second-order valence-corrected chi connectivity index (χ2v) is 18.0. The molecule has 5 aliphatic rings. The smallest absolute Gasteiger partial charge is 0.353 e. The summed E-state index contributed by atoms with van der Waals surface area (Å²) in [6, 6.07) is -2.71. The molecule has 6 N–H and O–H groups in total. The number of hydrogen-bond acceptors (Lipinski definition) is 12. The number of rotatable bonds is 12. The van der Waals surface area contributed by atoms with Gasteiger partial charge in [-0.2, -0.15) is 0 Å². The number of nitrogens with zero attached hydrogens (tertiary/aromatic N) is 4. The molecule has 1 unspecified atom stereocenters. The summed E-state index contributed by atoms with van der Waals surface area (Å²) < 4.78 is 0. The normalized spacial score (nSPS) is 32.9. The van der Waals surface area contributed by atoms with Crippen molar-refractivity contribution in [2.45, 2.75) is 93.8 Å². The highest BCUT2D eigenvalue weighted by Gasteiger charge is 2.55. The summed E-state index contributed by atoms with van der Waals surface area (Å²) in [7, 11) is 6.48. The highest BCUT2D eigenvalue weighted by molar-refractivity contribution is 8.04. The Labute approximate surface area is 317 Å². The molecule has 3 fully saturated rings. The fourth-order valence-corrected chi connectivity index (χ4v) is 11.6. The Morgan fingerprint density at radius 1 is 0.868 bits per heavy atom. The first-order chi connectivity index (χ1) is 24.8. The molecule has 4 amide bonds. The Bertz CT molecular complexity index is 1600. The van der Waals surface area contributed by atoms with Crippen molar-refractivity contribution in [3.05, 3.63) is 21.2 Å². The lowest BCUT2D eigenvalue weighted by atomic mass is 9.86. The molecular formula is C35H52N6O10S2. The van der Waals surface area contributed by atoms with Gasteiger partial charge in [0.25, 0.3) is 0 Å². The van der Waals surface area contributed by atoms with Crippen molar-refractivity contribution in [3.63, 3.8) is 0 Å². The fraction of sp³-hybridized carbons (Fsp3) is 0.714. The molecule has 3 saturated heterocycles. The molecule has 0 spiro atoms. The van der Waals surface area contributed by atoms with Crippen LogP contribution >= 0.6 is 23.5 Å². The molecule has 294 valence electrons. The number of aliphatic hydroxyl groups excluding tert-OH is 2. The molecule has 12 atom stereocenters. The second kappa shape index (κ2) is 15.8. The summed E-state index contributed by atoms with van der Waals surface area (Å²) >= 11 is 2.57. The molecule has 0 radical (unpaired) electrons. The van der Waals surface area contributed by atoms with Crippen molar-refractivity contribution < 1.29 is 49.2 Å². The van der Waals surface area contributed by atoms with Gasteiger partial charge in [-0.15, -0.1) is 23.5 Å². The van der Waals surface area contributed by atoms with E-state index in [2.05, 4.69) is 10.6 Å². The van der Waals surface area contributed by atoms with Crippen LogP contribution in [0.5, 0.6) is 0 Å². The predicted molar refractivity (Wildman–Crippen MR) is 197 cm³/mol. The Balaban J connectivity index is 1.39. The Morgan fingerprint density at radius 3 is 2.04 bits per heavy atom. The molecule has 5 rings (SSSR count). The minimum Gasteiger partial charge on any atom is -0.477 e. The van der Waals surface area contributed by atoms with Gasteiger partial charge in [0.05, 0.1) is 30.2 Å². The number of likely N-dealkylation sites (N-methyl/N-ethyl adjacent to an activating group) is 2. The van der Waals surface area contributed by atoms with Gasteiger partial charge < -0.3 is 50.7 Å². The largest absolute Gasteiger partial charge is 0.477 e. The Hall–Kier alpha value is -3.32. The zero-order valence-electron chi connectivity index (χ0n) is 31.3. The Morgan fingerprint density at radius 2 is 1.49 bits per heavy atom. The number of aliphatic carboxylic acids is 2. The Kier molecular flexibility index (Phi) is 12.2. The van der Waals surface area contributed by atoms with Gasteiger partial charge in [-0.25, -0.2) is 9.59 Å². The van der Waals surface area contributed by atoms with E-state index in [-0.39, 0.29) is 53.8 Å².